The Kier molecular flexibility index (Phi) is 2.64. The third kappa shape index (κ3) is 1.58. The fraction of sp³-hybridized carbons (Fsp3) is 0.545. The Hall–Kier alpha value is -1.13. The molecule has 5 heteroatoms. The lowest BCUT2D eigenvalue weighted by atomic mass is 9.72. The number of hydrogen-bond donors (Lipinski definition) is 0. The van der Waals surface area contributed by atoms with Gasteiger partial charge in [-0.15, -0.1) is 0 Å². The Bertz CT molecular complexity index is 358. The van der Waals surface area contributed by atoms with Gasteiger partial charge < -0.3 is 0 Å². The van der Waals surface area contributed by atoms with Crippen molar-refractivity contribution in [3.05, 3.63) is 30.1 Å². The normalized spacial score (nSPS) is 21.2. The van der Waals surface area contributed by atoms with Crippen LogP contribution < -0.4 is 0 Å². The minimum absolute atomic E-state index is 0.270. The largest absolute Gasteiger partial charge is 0.428 e. The second-order valence-corrected chi connectivity index (χ2v) is 4.05. The van der Waals surface area contributed by atoms with Crippen molar-refractivity contribution in [3.63, 3.8) is 0 Å². The maximum Gasteiger partial charge on any atom is 0.428 e. The van der Waals surface area contributed by atoms with Gasteiger partial charge in [-0.3, -0.25) is 4.98 Å². The first-order valence-corrected chi connectivity index (χ1v) is 5.13. The molecule has 1 aromatic heterocycles. The van der Waals surface area contributed by atoms with Gasteiger partial charge in [0.25, 0.3) is 0 Å². The number of pyridine rings is 1. The molecule has 0 aromatic carbocycles. The molecule has 0 N–H and O–H groups in total. The summed E-state index contributed by atoms with van der Waals surface area (Å²) < 4.78 is 52.8. The SMILES string of the molecule is FC(F)(F)C(F)(c1ccccn1)C1CCC1. The molecule has 1 unspecified atom stereocenters. The van der Waals surface area contributed by atoms with Crippen LogP contribution in [0.2, 0.25) is 0 Å². The number of aromatic nitrogens is 1. The van der Waals surface area contributed by atoms with Crippen LogP contribution in [0.5, 0.6) is 0 Å². The first kappa shape index (κ1) is 11.4. The van der Waals surface area contributed by atoms with E-state index in [1.54, 1.807) is 0 Å². The highest BCUT2D eigenvalue weighted by molar-refractivity contribution is 5.18. The van der Waals surface area contributed by atoms with Crippen LogP contribution in [0.3, 0.4) is 0 Å². The highest BCUT2D eigenvalue weighted by atomic mass is 19.4. The van der Waals surface area contributed by atoms with Crippen molar-refractivity contribution in [1.82, 2.24) is 4.98 Å². The van der Waals surface area contributed by atoms with Crippen molar-refractivity contribution in [2.24, 2.45) is 5.92 Å². The zero-order chi connectivity index (χ0) is 11.8. The summed E-state index contributed by atoms with van der Waals surface area (Å²) in [5, 5.41) is 0. The highest BCUT2D eigenvalue weighted by Crippen LogP contribution is 2.53. The summed E-state index contributed by atoms with van der Waals surface area (Å²) >= 11 is 0. The molecule has 0 radical (unpaired) electrons. The molecular weight excluding hydrogens is 222 g/mol. The quantitative estimate of drug-likeness (QED) is 0.711. The minimum Gasteiger partial charge on any atom is -0.258 e. The molecule has 1 nitrogen and oxygen atoms in total. The number of halogens is 4. The molecule has 1 saturated carbocycles. The van der Waals surface area contributed by atoms with E-state index in [-0.39, 0.29) is 12.8 Å². The molecule has 0 saturated heterocycles. The van der Waals surface area contributed by atoms with Crippen molar-refractivity contribution in [3.8, 4) is 0 Å². The van der Waals surface area contributed by atoms with E-state index in [2.05, 4.69) is 4.98 Å². The number of nitrogens with zero attached hydrogens (tertiary/aromatic N) is 1. The topological polar surface area (TPSA) is 12.9 Å². The molecule has 2 rings (SSSR count). The Morgan fingerprint density at radius 1 is 1.12 bits per heavy atom. The molecule has 0 spiro atoms. The van der Waals surface area contributed by atoms with E-state index >= 15 is 0 Å². The second kappa shape index (κ2) is 3.71. The predicted molar refractivity (Wildman–Crippen MR) is 50.4 cm³/mol. The molecule has 1 aromatic rings. The van der Waals surface area contributed by atoms with Gasteiger partial charge in [0, 0.05) is 12.1 Å². The third-order valence-corrected chi connectivity index (χ3v) is 3.12. The monoisotopic (exact) mass is 233 g/mol. The van der Waals surface area contributed by atoms with Gasteiger partial charge in [0.2, 0.25) is 5.67 Å². The molecule has 0 amide bonds. The molecule has 1 aliphatic carbocycles. The minimum atomic E-state index is -4.90. The van der Waals surface area contributed by atoms with Crippen LogP contribution >= 0.6 is 0 Å². The fourth-order valence-electron chi connectivity index (χ4n) is 1.97. The van der Waals surface area contributed by atoms with Crippen LogP contribution in [0.25, 0.3) is 0 Å². The van der Waals surface area contributed by atoms with Crippen molar-refractivity contribution in [1.29, 1.82) is 0 Å². The van der Waals surface area contributed by atoms with Crippen LogP contribution in [-0.4, -0.2) is 11.2 Å². The Morgan fingerprint density at radius 2 is 1.81 bits per heavy atom. The van der Waals surface area contributed by atoms with Crippen molar-refractivity contribution >= 4 is 0 Å². The van der Waals surface area contributed by atoms with Gasteiger partial charge in [-0.1, -0.05) is 12.5 Å². The van der Waals surface area contributed by atoms with Gasteiger partial charge in [-0.2, -0.15) is 13.2 Å². The molecule has 1 atom stereocenters. The van der Waals surface area contributed by atoms with Crippen LogP contribution in [-0.2, 0) is 5.67 Å². The van der Waals surface area contributed by atoms with Gasteiger partial charge in [0.15, 0.2) is 0 Å². The Balaban J connectivity index is 2.42. The Labute approximate surface area is 90.5 Å². The molecule has 1 heterocycles. The third-order valence-electron chi connectivity index (χ3n) is 3.12. The van der Waals surface area contributed by atoms with Gasteiger partial charge in [-0.25, -0.2) is 4.39 Å². The predicted octanol–water partition coefficient (Wildman–Crippen LogP) is 3.61. The molecule has 1 aliphatic rings. The summed E-state index contributed by atoms with van der Waals surface area (Å²) in [4.78, 5) is 3.53. The second-order valence-electron chi connectivity index (χ2n) is 4.05. The first-order chi connectivity index (χ1) is 7.46. The van der Waals surface area contributed by atoms with E-state index in [1.165, 1.54) is 18.3 Å². The van der Waals surface area contributed by atoms with E-state index in [1.807, 2.05) is 0 Å². The lowest BCUT2D eigenvalue weighted by Crippen LogP contribution is -2.47. The van der Waals surface area contributed by atoms with Crippen LogP contribution in [0.1, 0.15) is 25.0 Å². The lowest BCUT2D eigenvalue weighted by Gasteiger charge is -2.39. The van der Waals surface area contributed by atoms with E-state index < -0.39 is 23.5 Å². The van der Waals surface area contributed by atoms with Crippen LogP contribution in [0.15, 0.2) is 24.4 Å². The van der Waals surface area contributed by atoms with Crippen molar-refractivity contribution in [2.45, 2.75) is 31.1 Å². The fourth-order valence-corrected chi connectivity index (χ4v) is 1.97. The molecule has 1 fully saturated rings. The first-order valence-electron chi connectivity index (χ1n) is 5.13. The molecule has 16 heavy (non-hydrogen) atoms. The lowest BCUT2D eigenvalue weighted by molar-refractivity contribution is -0.265. The average Bonchev–Trinajstić information content (AvgIpc) is 2.14. The number of hydrogen-bond acceptors (Lipinski definition) is 1. The smallest absolute Gasteiger partial charge is 0.258 e. The number of alkyl halides is 4. The summed E-state index contributed by atoms with van der Waals surface area (Å²) in [5.74, 6) is -0.984. The summed E-state index contributed by atoms with van der Waals surface area (Å²) in [5.41, 5.74) is -3.81. The van der Waals surface area contributed by atoms with Crippen LogP contribution in [0.4, 0.5) is 17.6 Å². The van der Waals surface area contributed by atoms with E-state index in [9.17, 15) is 17.6 Å². The maximum absolute atomic E-state index is 14.3. The zero-order valence-corrected chi connectivity index (χ0v) is 8.47. The molecular formula is C11H11F4N. The van der Waals surface area contributed by atoms with Crippen LogP contribution in [0, 0.1) is 5.92 Å². The van der Waals surface area contributed by atoms with Gasteiger partial charge in [0.05, 0.1) is 5.69 Å². The number of rotatable bonds is 2. The summed E-state index contributed by atoms with van der Waals surface area (Å²) in [6.45, 7) is 0. The van der Waals surface area contributed by atoms with E-state index in [0.29, 0.717) is 6.42 Å². The maximum atomic E-state index is 14.3. The highest BCUT2D eigenvalue weighted by Gasteiger charge is 2.63. The zero-order valence-electron chi connectivity index (χ0n) is 8.47. The average molecular weight is 233 g/mol. The molecule has 0 bridgehead atoms. The standard InChI is InChI=1S/C11H11F4N/c12-10(11(13,14)15,8-4-3-5-8)9-6-1-2-7-16-9/h1-2,6-8H,3-5H2. The summed E-state index contributed by atoms with van der Waals surface area (Å²) in [7, 11) is 0. The summed E-state index contributed by atoms with van der Waals surface area (Å²) in [6.07, 6.45) is -2.51. The molecule has 88 valence electrons. The van der Waals surface area contributed by atoms with Gasteiger partial charge >= 0.3 is 6.18 Å². The Morgan fingerprint density at radius 3 is 2.19 bits per heavy atom. The van der Waals surface area contributed by atoms with Crippen molar-refractivity contribution < 1.29 is 17.6 Å². The van der Waals surface area contributed by atoms with Gasteiger partial charge in [-0.05, 0) is 25.0 Å². The summed E-state index contributed by atoms with van der Waals surface area (Å²) in [6, 6.07) is 3.95. The van der Waals surface area contributed by atoms with Crippen molar-refractivity contribution in [2.75, 3.05) is 0 Å². The van der Waals surface area contributed by atoms with E-state index in [4.69, 9.17) is 0 Å². The molecule has 0 aliphatic heterocycles. The van der Waals surface area contributed by atoms with Gasteiger partial charge in [0.1, 0.15) is 0 Å². The van der Waals surface area contributed by atoms with E-state index in [0.717, 1.165) is 6.07 Å².